The molecule has 0 radical (unpaired) electrons. The van der Waals surface area contributed by atoms with Gasteiger partial charge in [-0.1, -0.05) is 12.1 Å². The lowest BCUT2D eigenvalue weighted by Gasteiger charge is -2.34. The SMILES string of the molecule is CC(C(=O)NCC1COc2ccccc2O1)N1CCC(C(=O)O)CC1.Cl. The van der Waals surface area contributed by atoms with Gasteiger partial charge in [-0.05, 0) is 45.0 Å². The van der Waals surface area contributed by atoms with Crippen molar-refractivity contribution in [3.8, 4) is 11.5 Å². The van der Waals surface area contributed by atoms with Crippen LogP contribution in [0.5, 0.6) is 11.5 Å². The quantitative estimate of drug-likeness (QED) is 0.800. The number of carbonyl (C=O) groups is 2. The Morgan fingerprint density at radius 3 is 2.58 bits per heavy atom. The highest BCUT2D eigenvalue weighted by atomic mass is 35.5. The number of carboxylic acids is 1. The van der Waals surface area contributed by atoms with Gasteiger partial charge in [0.2, 0.25) is 5.91 Å². The molecule has 1 amide bonds. The first-order valence-corrected chi connectivity index (χ1v) is 8.67. The Labute approximate surface area is 159 Å². The van der Waals surface area contributed by atoms with Crippen LogP contribution in [0, 0.1) is 5.92 Å². The Kier molecular flexibility index (Phi) is 7.11. The van der Waals surface area contributed by atoms with E-state index in [9.17, 15) is 9.59 Å². The number of ether oxygens (including phenoxy) is 2. The lowest BCUT2D eigenvalue weighted by Crippen LogP contribution is -2.51. The fraction of sp³-hybridized carbons (Fsp3) is 0.556. The Balaban J connectivity index is 0.00000243. The molecule has 1 saturated heterocycles. The molecule has 0 spiro atoms. The fourth-order valence-electron chi connectivity index (χ4n) is 3.23. The summed E-state index contributed by atoms with van der Waals surface area (Å²) in [6.45, 7) is 3.88. The molecular weight excluding hydrogens is 360 g/mol. The summed E-state index contributed by atoms with van der Waals surface area (Å²) in [5.41, 5.74) is 0. The van der Waals surface area contributed by atoms with E-state index in [1.54, 1.807) is 0 Å². The van der Waals surface area contributed by atoms with Crippen molar-refractivity contribution in [3.05, 3.63) is 24.3 Å². The zero-order valence-corrected chi connectivity index (χ0v) is 15.5. The highest BCUT2D eigenvalue weighted by Gasteiger charge is 2.30. The van der Waals surface area contributed by atoms with Crippen LogP contribution in [0.15, 0.2) is 24.3 Å². The van der Waals surface area contributed by atoms with Gasteiger partial charge in [0.1, 0.15) is 12.7 Å². The van der Waals surface area contributed by atoms with Gasteiger partial charge in [-0.15, -0.1) is 12.4 Å². The number of nitrogens with one attached hydrogen (secondary N) is 1. The van der Waals surface area contributed by atoms with Crippen LogP contribution < -0.4 is 14.8 Å². The third-order valence-electron chi connectivity index (χ3n) is 4.88. The third-order valence-corrected chi connectivity index (χ3v) is 4.88. The van der Waals surface area contributed by atoms with Crippen LogP contribution in [0.1, 0.15) is 19.8 Å². The van der Waals surface area contributed by atoms with Crippen molar-refractivity contribution in [2.75, 3.05) is 26.2 Å². The number of amides is 1. The predicted molar refractivity (Wildman–Crippen MR) is 98.0 cm³/mol. The first-order chi connectivity index (χ1) is 12.0. The molecule has 0 bridgehead atoms. The minimum Gasteiger partial charge on any atom is -0.486 e. The number of carboxylic acid groups (broad SMARTS) is 1. The van der Waals surface area contributed by atoms with E-state index in [-0.39, 0.29) is 36.4 Å². The van der Waals surface area contributed by atoms with Crippen LogP contribution in [0.4, 0.5) is 0 Å². The van der Waals surface area contributed by atoms with Crippen molar-refractivity contribution in [3.63, 3.8) is 0 Å². The smallest absolute Gasteiger partial charge is 0.306 e. The number of halogens is 1. The highest BCUT2D eigenvalue weighted by molar-refractivity contribution is 5.85. The van der Waals surface area contributed by atoms with Crippen LogP contribution >= 0.6 is 12.4 Å². The molecule has 3 rings (SSSR count). The minimum absolute atomic E-state index is 0. The van der Waals surface area contributed by atoms with E-state index in [1.807, 2.05) is 36.1 Å². The van der Waals surface area contributed by atoms with Crippen molar-refractivity contribution in [1.29, 1.82) is 0 Å². The fourth-order valence-corrected chi connectivity index (χ4v) is 3.23. The van der Waals surface area contributed by atoms with E-state index in [4.69, 9.17) is 14.6 Å². The molecule has 2 N–H and O–H groups in total. The van der Waals surface area contributed by atoms with E-state index in [1.165, 1.54) is 0 Å². The molecule has 144 valence electrons. The summed E-state index contributed by atoms with van der Waals surface area (Å²) in [6.07, 6.45) is 0.955. The van der Waals surface area contributed by atoms with Gasteiger partial charge in [0, 0.05) is 0 Å². The van der Waals surface area contributed by atoms with Gasteiger partial charge in [0.15, 0.2) is 11.5 Å². The van der Waals surface area contributed by atoms with Gasteiger partial charge in [0.05, 0.1) is 18.5 Å². The highest BCUT2D eigenvalue weighted by Crippen LogP contribution is 2.30. The Bertz CT molecular complexity index is 634. The van der Waals surface area contributed by atoms with E-state index < -0.39 is 5.97 Å². The summed E-state index contributed by atoms with van der Waals surface area (Å²) in [5, 5.41) is 12.0. The molecule has 8 heteroatoms. The summed E-state index contributed by atoms with van der Waals surface area (Å²) in [7, 11) is 0. The summed E-state index contributed by atoms with van der Waals surface area (Å²) < 4.78 is 11.5. The van der Waals surface area contributed by atoms with Crippen molar-refractivity contribution >= 4 is 24.3 Å². The second-order valence-corrected chi connectivity index (χ2v) is 6.57. The normalized spacial score (nSPS) is 21.3. The number of benzene rings is 1. The molecule has 26 heavy (non-hydrogen) atoms. The van der Waals surface area contributed by atoms with Crippen LogP contribution in [0.3, 0.4) is 0 Å². The molecule has 7 nitrogen and oxygen atoms in total. The lowest BCUT2D eigenvalue weighted by molar-refractivity contribution is -0.143. The monoisotopic (exact) mass is 384 g/mol. The van der Waals surface area contributed by atoms with Gasteiger partial charge in [0.25, 0.3) is 0 Å². The average Bonchev–Trinajstić information content (AvgIpc) is 2.65. The summed E-state index contributed by atoms with van der Waals surface area (Å²) >= 11 is 0. The van der Waals surface area contributed by atoms with Crippen molar-refractivity contribution in [1.82, 2.24) is 10.2 Å². The number of fused-ring (bicyclic) bond motifs is 1. The first-order valence-electron chi connectivity index (χ1n) is 8.67. The minimum atomic E-state index is -0.744. The number of nitrogens with zero attached hydrogens (tertiary/aromatic N) is 1. The van der Waals surface area contributed by atoms with Crippen molar-refractivity contribution in [2.24, 2.45) is 5.92 Å². The number of likely N-dealkylation sites (tertiary alicyclic amines) is 1. The maximum Gasteiger partial charge on any atom is 0.306 e. The van der Waals surface area contributed by atoms with Crippen molar-refractivity contribution < 1.29 is 24.2 Å². The van der Waals surface area contributed by atoms with Crippen molar-refractivity contribution in [2.45, 2.75) is 31.9 Å². The van der Waals surface area contributed by atoms with Crippen LogP contribution in [0.25, 0.3) is 0 Å². The number of hydrogen-bond donors (Lipinski definition) is 2. The molecule has 2 aliphatic rings. The van der Waals surface area contributed by atoms with E-state index in [2.05, 4.69) is 5.32 Å². The number of para-hydroxylation sites is 2. The zero-order valence-electron chi connectivity index (χ0n) is 14.7. The first kappa shape index (κ1) is 20.3. The number of hydrogen-bond acceptors (Lipinski definition) is 5. The van der Waals surface area contributed by atoms with Crippen LogP contribution in [-0.4, -0.2) is 60.3 Å². The molecule has 1 fully saturated rings. The van der Waals surface area contributed by atoms with E-state index >= 15 is 0 Å². The Hall–Kier alpha value is -1.99. The number of aliphatic carboxylic acids is 1. The third kappa shape index (κ3) is 4.80. The van der Waals surface area contributed by atoms with Crippen LogP contribution in [-0.2, 0) is 9.59 Å². The predicted octanol–water partition coefficient (Wildman–Crippen LogP) is 1.55. The molecule has 2 atom stereocenters. The van der Waals surface area contributed by atoms with E-state index in [0.717, 1.165) is 5.75 Å². The second-order valence-electron chi connectivity index (χ2n) is 6.57. The number of carbonyl (C=O) groups excluding carboxylic acids is 1. The average molecular weight is 385 g/mol. The molecule has 2 heterocycles. The molecule has 2 unspecified atom stereocenters. The summed E-state index contributed by atoms with van der Waals surface area (Å²) in [6, 6.07) is 7.18. The number of piperidine rings is 1. The maximum atomic E-state index is 12.4. The molecular formula is C18H25ClN2O5. The van der Waals surface area contributed by atoms with Gasteiger partial charge >= 0.3 is 5.97 Å². The summed E-state index contributed by atoms with van der Waals surface area (Å²) in [4.78, 5) is 25.4. The second kappa shape index (κ2) is 9.09. The maximum absolute atomic E-state index is 12.4. The summed E-state index contributed by atoms with van der Waals surface area (Å²) in [5.74, 6) is 0.304. The van der Waals surface area contributed by atoms with Gasteiger partial charge in [-0.25, -0.2) is 0 Å². The number of rotatable bonds is 5. The van der Waals surface area contributed by atoms with Gasteiger partial charge in [-0.2, -0.15) is 0 Å². The topological polar surface area (TPSA) is 88.1 Å². The van der Waals surface area contributed by atoms with Crippen LogP contribution in [0.2, 0.25) is 0 Å². The zero-order chi connectivity index (χ0) is 17.8. The van der Waals surface area contributed by atoms with Gasteiger partial charge < -0.3 is 19.9 Å². The Morgan fingerprint density at radius 2 is 1.92 bits per heavy atom. The molecule has 2 aliphatic heterocycles. The molecule has 1 aromatic rings. The lowest BCUT2D eigenvalue weighted by atomic mass is 9.96. The Morgan fingerprint density at radius 1 is 1.27 bits per heavy atom. The molecule has 1 aromatic carbocycles. The largest absolute Gasteiger partial charge is 0.486 e. The molecule has 0 aromatic heterocycles. The standard InChI is InChI=1S/C18H24N2O5.ClH/c1-12(20-8-6-13(7-9-20)18(22)23)17(21)19-10-14-11-24-15-4-2-3-5-16(15)25-14;/h2-5,12-14H,6-11H2,1H3,(H,19,21)(H,22,23);1H. The van der Waals surface area contributed by atoms with E-state index in [0.29, 0.717) is 44.8 Å². The van der Waals surface area contributed by atoms with Gasteiger partial charge in [-0.3, -0.25) is 14.5 Å². The molecule has 0 aliphatic carbocycles. The molecule has 0 saturated carbocycles.